The fourth-order valence-corrected chi connectivity index (χ4v) is 3.42. The first-order valence-corrected chi connectivity index (χ1v) is 9.18. The van der Waals surface area contributed by atoms with Crippen LogP contribution in [0.5, 0.6) is 0 Å². The zero-order valence-corrected chi connectivity index (χ0v) is 15.1. The maximum atomic E-state index is 12.3. The first-order chi connectivity index (χ1) is 12.6. The summed E-state index contributed by atoms with van der Waals surface area (Å²) in [6.45, 7) is 1.62. The highest BCUT2D eigenvalue weighted by molar-refractivity contribution is 7.99. The monoisotopic (exact) mass is 369 g/mol. The molecular weight excluding hydrogens is 350 g/mol. The number of anilines is 1. The van der Waals surface area contributed by atoms with Crippen molar-refractivity contribution in [3.63, 3.8) is 0 Å². The first kappa shape index (κ1) is 18.2. The Bertz CT molecular complexity index is 995. The van der Waals surface area contributed by atoms with E-state index in [0.29, 0.717) is 16.4 Å². The van der Waals surface area contributed by atoms with Crippen LogP contribution in [0.2, 0.25) is 0 Å². The summed E-state index contributed by atoms with van der Waals surface area (Å²) in [7, 11) is 0. The largest absolute Gasteiger partial charge is 0.396 e. The summed E-state index contributed by atoms with van der Waals surface area (Å²) >= 11 is 1.17. The zero-order valence-electron chi connectivity index (χ0n) is 14.3. The van der Waals surface area contributed by atoms with Crippen LogP contribution >= 0.6 is 11.8 Å². The number of nitrogens with one attached hydrogen (secondary N) is 2. The Morgan fingerprint density at radius 2 is 2.00 bits per heavy atom. The van der Waals surface area contributed by atoms with E-state index < -0.39 is 0 Å². The lowest BCUT2D eigenvalue weighted by Gasteiger charge is -2.09. The Hall–Kier alpha value is -2.64. The van der Waals surface area contributed by atoms with E-state index in [0.717, 1.165) is 16.5 Å². The van der Waals surface area contributed by atoms with Gasteiger partial charge in [0.05, 0.1) is 5.75 Å². The molecule has 3 rings (SSSR count). The number of amides is 1. The van der Waals surface area contributed by atoms with Gasteiger partial charge in [0.15, 0.2) is 5.16 Å². The number of aromatic nitrogens is 2. The van der Waals surface area contributed by atoms with Gasteiger partial charge in [-0.05, 0) is 18.4 Å². The molecule has 1 amide bonds. The number of benzene rings is 2. The fourth-order valence-electron chi connectivity index (χ4n) is 2.71. The predicted octanol–water partition coefficient (Wildman–Crippen LogP) is 2.50. The first-order valence-electron chi connectivity index (χ1n) is 8.19. The number of nitrogens with zero attached hydrogens (tertiary/aromatic N) is 1. The van der Waals surface area contributed by atoms with Gasteiger partial charge in [-0.3, -0.25) is 9.59 Å². The van der Waals surface area contributed by atoms with Gasteiger partial charge in [0.1, 0.15) is 0 Å². The number of H-pyrrole nitrogens is 1. The lowest BCUT2D eigenvalue weighted by atomic mass is 10.1. The maximum absolute atomic E-state index is 12.3. The van der Waals surface area contributed by atoms with Crippen LogP contribution in [-0.2, 0) is 11.2 Å². The third kappa shape index (κ3) is 4.12. The highest BCUT2D eigenvalue weighted by Gasteiger charge is 2.11. The minimum absolute atomic E-state index is 0.106. The SMILES string of the molecule is Cc1nc(SCC(=O)Nc2cccc3ccccc23)[nH]c(=O)c1CCO. The van der Waals surface area contributed by atoms with Gasteiger partial charge in [-0.2, -0.15) is 0 Å². The summed E-state index contributed by atoms with van der Waals surface area (Å²) in [6.07, 6.45) is 0.265. The molecule has 134 valence electrons. The molecule has 26 heavy (non-hydrogen) atoms. The Labute approximate surface area is 154 Å². The number of hydrogen-bond acceptors (Lipinski definition) is 5. The van der Waals surface area contributed by atoms with Crippen LogP contribution in [0.15, 0.2) is 52.4 Å². The topological polar surface area (TPSA) is 95.1 Å². The van der Waals surface area contributed by atoms with Crippen molar-refractivity contribution in [2.45, 2.75) is 18.5 Å². The van der Waals surface area contributed by atoms with Gasteiger partial charge in [0.25, 0.3) is 5.56 Å². The van der Waals surface area contributed by atoms with Gasteiger partial charge in [-0.1, -0.05) is 48.2 Å². The lowest BCUT2D eigenvalue weighted by Crippen LogP contribution is -2.19. The number of thioether (sulfide) groups is 1. The Morgan fingerprint density at radius 3 is 2.77 bits per heavy atom. The number of aromatic amines is 1. The second-order valence-electron chi connectivity index (χ2n) is 5.77. The molecule has 0 aliphatic carbocycles. The summed E-state index contributed by atoms with van der Waals surface area (Å²) in [4.78, 5) is 31.2. The number of carbonyl (C=O) groups is 1. The van der Waals surface area contributed by atoms with Crippen LogP contribution in [0.1, 0.15) is 11.3 Å². The summed E-state index contributed by atoms with van der Waals surface area (Å²) < 4.78 is 0. The molecule has 3 aromatic rings. The molecule has 7 heteroatoms. The minimum atomic E-state index is -0.275. The average molecular weight is 369 g/mol. The van der Waals surface area contributed by atoms with E-state index in [1.54, 1.807) is 6.92 Å². The van der Waals surface area contributed by atoms with E-state index in [2.05, 4.69) is 15.3 Å². The van der Waals surface area contributed by atoms with Crippen molar-refractivity contribution >= 4 is 34.1 Å². The van der Waals surface area contributed by atoms with Crippen molar-refractivity contribution in [2.75, 3.05) is 17.7 Å². The van der Waals surface area contributed by atoms with Gasteiger partial charge < -0.3 is 15.4 Å². The zero-order chi connectivity index (χ0) is 18.5. The number of aliphatic hydroxyl groups excluding tert-OH is 1. The van der Waals surface area contributed by atoms with Crippen molar-refractivity contribution in [1.82, 2.24) is 9.97 Å². The van der Waals surface area contributed by atoms with Gasteiger partial charge in [0, 0.05) is 35.4 Å². The molecule has 0 saturated carbocycles. The molecule has 2 aromatic carbocycles. The summed E-state index contributed by atoms with van der Waals surface area (Å²) in [5, 5.41) is 14.3. The lowest BCUT2D eigenvalue weighted by molar-refractivity contribution is -0.113. The second kappa shape index (κ2) is 8.16. The molecule has 0 atom stereocenters. The summed E-state index contributed by atoms with van der Waals surface area (Å²) in [6, 6.07) is 13.6. The normalized spacial score (nSPS) is 10.8. The fraction of sp³-hybridized carbons (Fsp3) is 0.211. The maximum Gasteiger partial charge on any atom is 0.255 e. The van der Waals surface area contributed by atoms with Gasteiger partial charge in [-0.15, -0.1) is 0 Å². The highest BCUT2D eigenvalue weighted by atomic mass is 32.2. The van der Waals surface area contributed by atoms with E-state index in [4.69, 9.17) is 5.11 Å². The molecule has 0 saturated heterocycles. The van der Waals surface area contributed by atoms with E-state index in [1.807, 2.05) is 42.5 Å². The van der Waals surface area contributed by atoms with Crippen molar-refractivity contribution in [3.8, 4) is 0 Å². The molecule has 3 N–H and O–H groups in total. The molecule has 0 radical (unpaired) electrons. The summed E-state index contributed by atoms with van der Waals surface area (Å²) in [5.41, 5.74) is 1.52. The predicted molar refractivity (Wildman–Crippen MR) is 104 cm³/mol. The minimum Gasteiger partial charge on any atom is -0.396 e. The number of carbonyl (C=O) groups excluding carboxylic acids is 1. The molecule has 0 bridgehead atoms. The van der Waals surface area contributed by atoms with Crippen LogP contribution in [0.4, 0.5) is 5.69 Å². The van der Waals surface area contributed by atoms with E-state index in [9.17, 15) is 9.59 Å². The van der Waals surface area contributed by atoms with E-state index in [1.165, 1.54) is 11.8 Å². The third-order valence-corrected chi connectivity index (χ3v) is 4.84. The number of fused-ring (bicyclic) bond motifs is 1. The molecule has 0 unspecified atom stereocenters. The standard InChI is InChI=1S/C19H19N3O3S/c1-12-14(9-10-23)18(25)22-19(20-12)26-11-17(24)21-16-8-4-6-13-5-2-3-7-15(13)16/h2-8,23H,9-11H2,1H3,(H,21,24)(H,20,22,25). The van der Waals surface area contributed by atoms with Gasteiger partial charge in [0.2, 0.25) is 5.91 Å². The second-order valence-corrected chi connectivity index (χ2v) is 6.74. The Morgan fingerprint density at radius 1 is 1.23 bits per heavy atom. The average Bonchev–Trinajstić information content (AvgIpc) is 2.63. The number of aryl methyl sites for hydroxylation is 1. The Balaban J connectivity index is 1.68. The van der Waals surface area contributed by atoms with Crippen LogP contribution in [-0.4, -0.2) is 33.3 Å². The van der Waals surface area contributed by atoms with Crippen molar-refractivity contribution in [2.24, 2.45) is 0 Å². The van der Waals surface area contributed by atoms with E-state index in [-0.39, 0.29) is 30.2 Å². The highest BCUT2D eigenvalue weighted by Crippen LogP contribution is 2.23. The molecule has 0 fully saturated rings. The molecule has 6 nitrogen and oxygen atoms in total. The van der Waals surface area contributed by atoms with Crippen LogP contribution in [0.25, 0.3) is 10.8 Å². The molecule has 0 aliphatic rings. The summed E-state index contributed by atoms with van der Waals surface area (Å²) in [5.74, 6) is -0.0450. The van der Waals surface area contributed by atoms with Crippen molar-refractivity contribution in [1.29, 1.82) is 0 Å². The number of aliphatic hydroxyl groups is 1. The van der Waals surface area contributed by atoms with E-state index >= 15 is 0 Å². The van der Waals surface area contributed by atoms with Crippen LogP contribution in [0.3, 0.4) is 0 Å². The number of hydrogen-bond donors (Lipinski definition) is 3. The smallest absolute Gasteiger partial charge is 0.255 e. The number of rotatable bonds is 6. The molecule has 0 aliphatic heterocycles. The van der Waals surface area contributed by atoms with Gasteiger partial charge in [-0.25, -0.2) is 4.98 Å². The van der Waals surface area contributed by atoms with Crippen molar-refractivity contribution < 1.29 is 9.90 Å². The van der Waals surface area contributed by atoms with Crippen LogP contribution in [0, 0.1) is 6.92 Å². The molecular formula is C19H19N3O3S. The third-order valence-electron chi connectivity index (χ3n) is 3.97. The Kier molecular flexibility index (Phi) is 5.70. The molecule has 1 aromatic heterocycles. The van der Waals surface area contributed by atoms with Crippen LogP contribution < -0.4 is 10.9 Å². The van der Waals surface area contributed by atoms with Crippen molar-refractivity contribution in [3.05, 3.63) is 64.1 Å². The van der Waals surface area contributed by atoms with Gasteiger partial charge >= 0.3 is 0 Å². The quantitative estimate of drug-likeness (QED) is 0.458. The molecule has 1 heterocycles. The molecule has 0 spiro atoms.